The summed E-state index contributed by atoms with van der Waals surface area (Å²) in [6.45, 7) is 2.49. The van der Waals surface area contributed by atoms with Gasteiger partial charge in [0.2, 0.25) is 0 Å². The van der Waals surface area contributed by atoms with E-state index in [2.05, 4.69) is 15.9 Å². The molecule has 4 heteroatoms. The van der Waals surface area contributed by atoms with Gasteiger partial charge < -0.3 is 10.5 Å². The van der Waals surface area contributed by atoms with E-state index in [1.807, 2.05) is 43.3 Å². The summed E-state index contributed by atoms with van der Waals surface area (Å²) in [7, 11) is 0. The molecule has 0 saturated heterocycles. The highest BCUT2D eigenvalue weighted by Gasteiger charge is 2.05. The van der Waals surface area contributed by atoms with Gasteiger partial charge in [0.25, 0.3) is 0 Å². The molecule has 0 aromatic heterocycles. The van der Waals surface area contributed by atoms with Crippen LogP contribution in [0.1, 0.15) is 11.1 Å². The average Bonchev–Trinajstić information content (AvgIpc) is 2.34. The Morgan fingerprint density at radius 2 is 2.00 bits per heavy atom. The van der Waals surface area contributed by atoms with Gasteiger partial charge in [0.15, 0.2) is 0 Å². The molecule has 0 aliphatic heterocycles. The first-order valence-electron chi connectivity index (χ1n) is 5.52. The molecule has 0 bridgehead atoms. The van der Waals surface area contributed by atoms with Crippen LogP contribution in [0.3, 0.4) is 0 Å². The van der Waals surface area contributed by atoms with Crippen molar-refractivity contribution in [3.05, 3.63) is 57.0 Å². The first-order valence-corrected chi connectivity index (χ1v) is 6.70. The summed E-state index contributed by atoms with van der Waals surface area (Å²) in [6, 6.07) is 11.4. The van der Waals surface area contributed by atoms with Crippen molar-refractivity contribution in [3.63, 3.8) is 0 Å². The highest BCUT2D eigenvalue weighted by molar-refractivity contribution is 9.10. The van der Waals surface area contributed by atoms with Crippen LogP contribution in [0.15, 0.2) is 40.9 Å². The number of nitrogens with two attached hydrogens (primary N) is 1. The van der Waals surface area contributed by atoms with Crippen LogP contribution in [0.4, 0.5) is 0 Å². The minimum absolute atomic E-state index is 0.492. The maximum absolute atomic E-state index is 6.09. The number of hydrogen-bond acceptors (Lipinski definition) is 2. The summed E-state index contributed by atoms with van der Waals surface area (Å²) in [5.41, 5.74) is 7.75. The molecular formula is C14H13BrClNO. The zero-order chi connectivity index (χ0) is 13.1. The Bertz CT molecular complexity index is 572. The number of hydrogen-bond donors (Lipinski definition) is 1. The fourth-order valence-corrected chi connectivity index (χ4v) is 2.25. The molecule has 0 aliphatic rings. The van der Waals surface area contributed by atoms with Crippen molar-refractivity contribution in [2.24, 2.45) is 5.73 Å². The molecule has 18 heavy (non-hydrogen) atoms. The smallest absolute Gasteiger partial charge is 0.146 e. The van der Waals surface area contributed by atoms with E-state index < -0.39 is 0 Å². The second-order valence-electron chi connectivity index (χ2n) is 3.99. The van der Waals surface area contributed by atoms with Gasteiger partial charge in [-0.1, -0.05) is 39.7 Å². The first-order chi connectivity index (χ1) is 8.60. The third-order valence-electron chi connectivity index (χ3n) is 2.56. The third kappa shape index (κ3) is 3.05. The Morgan fingerprint density at radius 3 is 2.67 bits per heavy atom. The molecule has 94 valence electrons. The van der Waals surface area contributed by atoms with E-state index in [1.54, 1.807) is 0 Å². The van der Waals surface area contributed by atoms with Crippen LogP contribution in [0.25, 0.3) is 0 Å². The van der Waals surface area contributed by atoms with Crippen LogP contribution in [0.5, 0.6) is 11.5 Å². The molecule has 0 heterocycles. The van der Waals surface area contributed by atoms with E-state index in [4.69, 9.17) is 22.1 Å². The lowest BCUT2D eigenvalue weighted by molar-refractivity contribution is 0.482. The van der Waals surface area contributed by atoms with Crippen molar-refractivity contribution in [2.75, 3.05) is 0 Å². The molecule has 0 atom stereocenters. The van der Waals surface area contributed by atoms with Crippen LogP contribution in [-0.2, 0) is 6.54 Å². The zero-order valence-corrected chi connectivity index (χ0v) is 12.3. The normalized spacial score (nSPS) is 10.4. The van der Waals surface area contributed by atoms with Crippen LogP contribution in [0, 0.1) is 6.92 Å². The van der Waals surface area contributed by atoms with E-state index in [0.29, 0.717) is 17.3 Å². The predicted molar refractivity (Wildman–Crippen MR) is 78.3 cm³/mol. The molecule has 2 aromatic carbocycles. The summed E-state index contributed by atoms with van der Waals surface area (Å²) in [4.78, 5) is 0. The molecule has 0 unspecified atom stereocenters. The van der Waals surface area contributed by atoms with E-state index in [9.17, 15) is 0 Å². The van der Waals surface area contributed by atoms with Gasteiger partial charge in [-0.15, -0.1) is 0 Å². The molecule has 2 aromatic rings. The Hall–Kier alpha value is -1.03. The van der Waals surface area contributed by atoms with Crippen LogP contribution >= 0.6 is 27.5 Å². The second kappa shape index (κ2) is 5.74. The van der Waals surface area contributed by atoms with Crippen LogP contribution in [0.2, 0.25) is 5.02 Å². The van der Waals surface area contributed by atoms with Crippen molar-refractivity contribution in [1.29, 1.82) is 0 Å². The van der Waals surface area contributed by atoms with Gasteiger partial charge in [-0.3, -0.25) is 0 Å². The van der Waals surface area contributed by atoms with Crippen LogP contribution < -0.4 is 10.5 Å². The van der Waals surface area contributed by atoms with Gasteiger partial charge >= 0.3 is 0 Å². The van der Waals surface area contributed by atoms with Gasteiger partial charge in [-0.25, -0.2) is 0 Å². The fourth-order valence-electron chi connectivity index (χ4n) is 1.57. The van der Waals surface area contributed by atoms with Crippen molar-refractivity contribution < 1.29 is 4.74 Å². The molecule has 0 saturated carbocycles. The number of aryl methyl sites for hydroxylation is 1. The minimum atomic E-state index is 0.492. The zero-order valence-electron chi connectivity index (χ0n) is 9.91. The van der Waals surface area contributed by atoms with E-state index in [1.165, 1.54) is 0 Å². The van der Waals surface area contributed by atoms with Gasteiger partial charge in [0.05, 0.1) is 5.02 Å². The lowest BCUT2D eigenvalue weighted by Gasteiger charge is -2.10. The summed E-state index contributed by atoms with van der Waals surface area (Å²) >= 11 is 9.55. The molecule has 0 amide bonds. The fraction of sp³-hybridized carbons (Fsp3) is 0.143. The number of benzene rings is 2. The molecule has 2 N–H and O–H groups in total. The monoisotopic (exact) mass is 325 g/mol. The molecule has 0 spiro atoms. The average molecular weight is 327 g/mol. The van der Waals surface area contributed by atoms with Gasteiger partial charge in [0.1, 0.15) is 11.5 Å². The maximum Gasteiger partial charge on any atom is 0.146 e. The minimum Gasteiger partial charge on any atom is -0.456 e. The van der Waals surface area contributed by atoms with Gasteiger partial charge in [-0.2, -0.15) is 0 Å². The lowest BCUT2D eigenvalue weighted by Crippen LogP contribution is -1.97. The molecule has 2 rings (SSSR count). The van der Waals surface area contributed by atoms with Crippen molar-refractivity contribution in [3.8, 4) is 11.5 Å². The molecular weight excluding hydrogens is 314 g/mol. The summed E-state index contributed by atoms with van der Waals surface area (Å²) < 4.78 is 6.70. The number of halogens is 2. The Kier molecular flexibility index (Phi) is 4.27. The summed E-state index contributed by atoms with van der Waals surface area (Å²) in [5, 5.41) is 0.597. The Labute approximate surface area is 120 Å². The Morgan fingerprint density at radius 1 is 1.22 bits per heavy atom. The Balaban J connectivity index is 2.28. The van der Waals surface area contributed by atoms with Crippen LogP contribution in [-0.4, -0.2) is 0 Å². The lowest BCUT2D eigenvalue weighted by atomic mass is 10.2. The van der Waals surface area contributed by atoms with Crippen molar-refractivity contribution in [1.82, 2.24) is 0 Å². The predicted octanol–water partition coefficient (Wildman–Crippen LogP) is 4.66. The topological polar surface area (TPSA) is 35.2 Å². The number of rotatable bonds is 3. The molecule has 0 radical (unpaired) electrons. The van der Waals surface area contributed by atoms with Gasteiger partial charge in [-0.05, 0) is 42.3 Å². The molecule has 2 nitrogen and oxygen atoms in total. The number of ether oxygens (including phenoxy) is 1. The highest BCUT2D eigenvalue weighted by atomic mass is 79.9. The highest BCUT2D eigenvalue weighted by Crippen LogP contribution is 2.32. The van der Waals surface area contributed by atoms with Gasteiger partial charge in [0, 0.05) is 11.0 Å². The largest absolute Gasteiger partial charge is 0.456 e. The van der Waals surface area contributed by atoms with Crippen molar-refractivity contribution in [2.45, 2.75) is 13.5 Å². The standard InChI is InChI=1S/C14H13BrClNO/c1-9-2-5-13(16)14(6-9)18-11-4-3-10(8-17)12(15)7-11/h2-7H,8,17H2,1H3. The molecule has 0 aliphatic carbocycles. The SMILES string of the molecule is Cc1ccc(Cl)c(Oc2ccc(CN)c(Br)c2)c1. The quantitative estimate of drug-likeness (QED) is 0.890. The maximum atomic E-state index is 6.09. The first kappa shape index (κ1) is 13.4. The second-order valence-corrected chi connectivity index (χ2v) is 5.25. The van der Waals surface area contributed by atoms with E-state index in [0.717, 1.165) is 21.3 Å². The van der Waals surface area contributed by atoms with Crippen molar-refractivity contribution >= 4 is 27.5 Å². The third-order valence-corrected chi connectivity index (χ3v) is 3.61. The van der Waals surface area contributed by atoms with E-state index >= 15 is 0 Å². The van der Waals surface area contributed by atoms with E-state index in [-0.39, 0.29) is 0 Å². The molecule has 0 fully saturated rings. The summed E-state index contributed by atoms with van der Waals surface area (Å²) in [5.74, 6) is 1.38. The summed E-state index contributed by atoms with van der Waals surface area (Å²) in [6.07, 6.45) is 0.